The van der Waals surface area contributed by atoms with E-state index in [1.165, 1.54) is 11.0 Å². The van der Waals surface area contributed by atoms with E-state index in [1.807, 2.05) is 44.2 Å². The van der Waals surface area contributed by atoms with Gasteiger partial charge in [0, 0.05) is 19.0 Å². The first-order valence-corrected chi connectivity index (χ1v) is 12.3. The third-order valence-electron chi connectivity index (χ3n) is 5.42. The number of aryl methyl sites for hydroxylation is 1. The molecule has 196 valence electrons. The van der Waals surface area contributed by atoms with Gasteiger partial charge in [-0.1, -0.05) is 36.4 Å². The summed E-state index contributed by atoms with van der Waals surface area (Å²) in [6, 6.07) is 12.1. The van der Waals surface area contributed by atoms with Crippen molar-refractivity contribution in [1.29, 1.82) is 0 Å². The minimum atomic E-state index is -0.963. The molecular weight excluding hydrogens is 458 g/mol. The van der Waals surface area contributed by atoms with Crippen molar-refractivity contribution in [1.82, 2.24) is 15.5 Å². The lowest BCUT2D eigenvalue weighted by Crippen LogP contribution is -2.54. The monoisotopic (exact) mass is 497 g/mol. The van der Waals surface area contributed by atoms with Crippen LogP contribution in [0.25, 0.3) is 0 Å². The van der Waals surface area contributed by atoms with Gasteiger partial charge < -0.3 is 25.4 Å². The van der Waals surface area contributed by atoms with Gasteiger partial charge in [0.2, 0.25) is 11.8 Å². The van der Waals surface area contributed by atoms with Gasteiger partial charge in [-0.05, 0) is 77.3 Å². The van der Waals surface area contributed by atoms with Crippen LogP contribution in [0.4, 0.5) is 4.79 Å². The van der Waals surface area contributed by atoms with Crippen LogP contribution in [-0.4, -0.2) is 52.1 Å². The largest absolute Gasteiger partial charge is 0.508 e. The Kier molecular flexibility index (Phi) is 9.90. The van der Waals surface area contributed by atoms with Crippen LogP contribution in [0.5, 0.6) is 5.75 Å². The quantitative estimate of drug-likeness (QED) is 0.480. The fourth-order valence-electron chi connectivity index (χ4n) is 3.85. The van der Waals surface area contributed by atoms with E-state index in [-0.39, 0.29) is 30.7 Å². The molecule has 8 nitrogen and oxygen atoms in total. The fourth-order valence-corrected chi connectivity index (χ4v) is 3.85. The number of ether oxygens (including phenoxy) is 1. The molecular formula is C28H39N3O5. The fraction of sp³-hybridized carbons (Fsp3) is 0.464. The molecule has 0 aromatic heterocycles. The highest BCUT2D eigenvalue weighted by atomic mass is 16.6. The molecule has 3 amide bonds. The van der Waals surface area contributed by atoms with Crippen molar-refractivity contribution in [2.24, 2.45) is 0 Å². The standard InChI is InChI=1S/C28H39N3O5/c1-8-31(24(25(33)29-18(2)3)21-14-15-23(32)19(4)16-21)26(34)22(17-20-12-10-9-11-13-20)30-27(35)36-28(5,6)7/h9-16,18,22,24,32H,8,17H2,1-7H3,(H,29,33)(H,30,35). The van der Waals surface area contributed by atoms with Crippen LogP contribution in [-0.2, 0) is 20.7 Å². The van der Waals surface area contributed by atoms with Crippen molar-refractivity contribution in [3.8, 4) is 5.75 Å². The van der Waals surface area contributed by atoms with Crippen LogP contribution < -0.4 is 10.6 Å². The zero-order valence-corrected chi connectivity index (χ0v) is 22.3. The molecule has 0 aliphatic carbocycles. The second-order valence-electron chi connectivity index (χ2n) is 10.1. The van der Waals surface area contributed by atoms with Crippen LogP contribution >= 0.6 is 0 Å². The molecule has 8 heteroatoms. The molecule has 36 heavy (non-hydrogen) atoms. The molecule has 3 N–H and O–H groups in total. The molecule has 0 radical (unpaired) electrons. The van der Waals surface area contributed by atoms with Crippen LogP contribution in [0.3, 0.4) is 0 Å². The first-order valence-electron chi connectivity index (χ1n) is 12.3. The Bertz CT molecular complexity index is 1050. The number of benzene rings is 2. The van der Waals surface area contributed by atoms with E-state index in [9.17, 15) is 19.5 Å². The molecule has 2 rings (SSSR count). The maximum Gasteiger partial charge on any atom is 0.408 e. The molecule has 2 aromatic rings. The average molecular weight is 498 g/mol. The van der Waals surface area contributed by atoms with E-state index >= 15 is 0 Å². The van der Waals surface area contributed by atoms with Gasteiger partial charge >= 0.3 is 6.09 Å². The Hall–Kier alpha value is -3.55. The Labute approximate surface area is 214 Å². The van der Waals surface area contributed by atoms with E-state index in [0.717, 1.165) is 5.56 Å². The normalized spacial score (nSPS) is 13.0. The van der Waals surface area contributed by atoms with Crippen molar-refractivity contribution in [3.63, 3.8) is 0 Å². The predicted molar refractivity (Wildman–Crippen MR) is 140 cm³/mol. The van der Waals surface area contributed by atoms with Crippen molar-refractivity contribution in [2.45, 2.75) is 78.6 Å². The summed E-state index contributed by atoms with van der Waals surface area (Å²) >= 11 is 0. The first-order chi connectivity index (χ1) is 16.8. The highest BCUT2D eigenvalue weighted by molar-refractivity contribution is 5.92. The van der Waals surface area contributed by atoms with Crippen molar-refractivity contribution < 1.29 is 24.2 Å². The maximum absolute atomic E-state index is 14.0. The van der Waals surface area contributed by atoms with Gasteiger partial charge in [0.15, 0.2) is 0 Å². The Balaban J connectivity index is 2.48. The van der Waals surface area contributed by atoms with Gasteiger partial charge in [-0.2, -0.15) is 0 Å². The lowest BCUT2D eigenvalue weighted by molar-refractivity contribution is -0.142. The first kappa shape index (κ1) is 28.7. The number of hydrogen-bond donors (Lipinski definition) is 3. The van der Waals surface area contributed by atoms with E-state index in [0.29, 0.717) is 11.1 Å². The third-order valence-corrected chi connectivity index (χ3v) is 5.42. The number of carbonyl (C=O) groups excluding carboxylic acids is 3. The summed E-state index contributed by atoms with van der Waals surface area (Å²) in [5.74, 6) is -0.660. The topological polar surface area (TPSA) is 108 Å². The summed E-state index contributed by atoms with van der Waals surface area (Å²) in [6.45, 7) is 12.7. The van der Waals surface area contributed by atoms with E-state index in [2.05, 4.69) is 10.6 Å². The summed E-state index contributed by atoms with van der Waals surface area (Å²) in [5.41, 5.74) is 1.27. The smallest absolute Gasteiger partial charge is 0.408 e. The molecule has 0 heterocycles. The molecule has 0 bridgehead atoms. The molecule has 2 aromatic carbocycles. The third kappa shape index (κ3) is 8.29. The summed E-state index contributed by atoms with van der Waals surface area (Å²) in [5, 5.41) is 15.6. The molecule has 0 spiro atoms. The van der Waals surface area contributed by atoms with Gasteiger partial charge in [-0.15, -0.1) is 0 Å². The second-order valence-corrected chi connectivity index (χ2v) is 10.1. The van der Waals surface area contributed by atoms with Gasteiger partial charge in [0.1, 0.15) is 23.4 Å². The van der Waals surface area contributed by atoms with Gasteiger partial charge in [0.25, 0.3) is 0 Å². The summed E-state index contributed by atoms with van der Waals surface area (Å²) < 4.78 is 5.42. The number of hydrogen-bond acceptors (Lipinski definition) is 5. The number of phenols is 1. The van der Waals surface area contributed by atoms with Crippen LogP contribution in [0.2, 0.25) is 0 Å². The van der Waals surface area contributed by atoms with Gasteiger partial charge in [-0.25, -0.2) is 4.79 Å². The lowest BCUT2D eigenvalue weighted by atomic mass is 9.98. The molecule has 0 fully saturated rings. The van der Waals surface area contributed by atoms with E-state index < -0.39 is 29.7 Å². The molecule has 2 atom stereocenters. The zero-order valence-electron chi connectivity index (χ0n) is 22.3. The highest BCUT2D eigenvalue weighted by Crippen LogP contribution is 2.27. The molecule has 0 saturated carbocycles. The number of nitrogens with zero attached hydrogens (tertiary/aromatic N) is 1. The molecule has 0 aliphatic rings. The SMILES string of the molecule is CCN(C(=O)C(Cc1ccccc1)NC(=O)OC(C)(C)C)C(C(=O)NC(C)C)c1ccc(O)c(C)c1. The number of carbonyl (C=O) groups is 3. The van der Waals surface area contributed by atoms with Gasteiger partial charge in [0.05, 0.1) is 0 Å². The number of amides is 3. The lowest BCUT2D eigenvalue weighted by Gasteiger charge is -2.34. The van der Waals surface area contributed by atoms with Crippen LogP contribution in [0.1, 0.15) is 64.3 Å². The summed E-state index contributed by atoms with van der Waals surface area (Å²) in [7, 11) is 0. The minimum absolute atomic E-state index is 0.102. The predicted octanol–water partition coefficient (Wildman–Crippen LogP) is 4.25. The van der Waals surface area contributed by atoms with E-state index in [4.69, 9.17) is 4.74 Å². The molecule has 2 unspecified atom stereocenters. The maximum atomic E-state index is 14.0. The minimum Gasteiger partial charge on any atom is -0.508 e. The Morgan fingerprint density at radius 2 is 1.67 bits per heavy atom. The summed E-state index contributed by atoms with van der Waals surface area (Å²) in [4.78, 5) is 41.4. The van der Waals surface area contributed by atoms with Crippen LogP contribution in [0, 0.1) is 6.92 Å². The Morgan fingerprint density at radius 3 is 2.19 bits per heavy atom. The van der Waals surface area contributed by atoms with Crippen molar-refractivity contribution in [2.75, 3.05) is 6.54 Å². The highest BCUT2D eigenvalue weighted by Gasteiger charge is 2.36. The number of phenolic OH excluding ortho intramolecular Hbond substituents is 1. The number of aromatic hydroxyl groups is 1. The Morgan fingerprint density at radius 1 is 1.03 bits per heavy atom. The number of nitrogens with one attached hydrogen (secondary N) is 2. The van der Waals surface area contributed by atoms with Crippen molar-refractivity contribution in [3.05, 3.63) is 65.2 Å². The summed E-state index contributed by atoms with van der Waals surface area (Å²) in [6.07, 6.45) is -0.487. The number of alkyl carbamates (subject to hydrolysis) is 1. The molecule has 0 saturated heterocycles. The van der Waals surface area contributed by atoms with Gasteiger partial charge in [-0.3, -0.25) is 9.59 Å². The van der Waals surface area contributed by atoms with Crippen molar-refractivity contribution >= 4 is 17.9 Å². The zero-order chi connectivity index (χ0) is 27.0. The average Bonchev–Trinajstić information content (AvgIpc) is 2.77. The van der Waals surface area contributed by atoms with Crippen LogP contribution in [0.15, 0.2) is 48.5 Å². The molecule has 0 aliphatic heterocycles. The number of rotatable bonds is 9. The second kappa shape index (κ2) is 12.4. The van der Waals surface area contributed by atoms with E-state index in [1.54, 1.807) is 46.8 Å². The number of likely N-dealkylation sites (N-methyl/N-ethyl adjacent to an activating group) is 1.